The predicted octanol–water partition coefficient (Wildman–Crippen LogP) is 3.40. The number of rotatable bonds is 6. The van der Waals surface area contributed by atoms with Gasteiger partial charge in [-0.1, -0.05) is 56.3 Å². The summed E-state index contributed by atoms with van der Waals surface area (Å²) in [6.45, 7) is 4.71. The average Bonchev–Trinajstić information content (AvgIpc) is 3.15. The van der Waals surface area contributed by atoms with Gasteiger partial charge < -0.3 is 5.32 Å². The van der Waals surface area contributed by atoms with E-state index >= 15 is 0 Å². The highest BCUT2D eigenvalue weighted by Crippen LogP contribution is 2.19. The Labute approximate surface area is 147 Å². The van der Waals surface area contributed by atoms with Crippen molar-refractivity contribution in [2.75, 3.05) is 0 Å². The van der Waals surface area contributed by atoms with Gasteiger partial charge >= 0.3 is 0 Å². The van der Waals surface area contributed by atoms with Crippen molar-refractivity contribution in [1.29, 1.82) is 0 Å². The van der Waals surface area contributed by atoms with Gasteiger partial charge in [0, 0.05) is 5.56 Å². The van der Waals surface area contributed by atoms with E-state index in [4.69, 9.17) is 0 Å². The summed E-state index contributed by atoms with van der Waals surface area (Å²) in [6, 6.07) is 17.8. The first-order valence-electron chi connectivity index (χ1n) is 8.44. The van der Waals surface area contributed by atoms with Crippen LogP contribution in [-0.4, -0.2) is 26.9 Å². The van der Waals surface area contributed by atoms with Crippen LogP contribution in [0.25, 0.3) is 11.1 Å². The van der Waals surface area contributed by atoms with Crippen molar-refractivity contribution in [2.45, 2.75) is 26.4 Å². The first kappa shape index (κ1) is 16.9. The summed E-state index contributed by atoms with van der Waals surface area (Å²) in [7, 11) is 0. The molecular formula is C20H22N4O. The maximum absolute atomic E-state index is 12.6. The highest BCUT2D eigenvalue weighted by atomic mass is 16.1. The highest BCUT2D eigenvalue weighted by Gasteiger charge is 2.18. The number of hydrogen-bond donors (Lipinski definition) is 1. The van der Waals surface area contributed by atoms with Crippen LogP contribution in [0.4, 0.5) is 0 Å². The summed E-state index contributed by atoms with van der Waals surface area (Å²) in [6.07, 6.45) is 3.28. The lowest BCUT2D eigenvalue weighted by molar-refractivity contribution is 0.0918. The van der Waals surface area contributed by atoms with Crippen LogP contribution >= 0.6 is 0 Å². The quantitative estimate of drug-likeness (QED) is 0.751. The number of nitrogens with zero attached hydrogens (tertiary/aromatic N) is 3. The molecule has 0 spiro atoms. The third-order valence-corrected chi connectivity index (χ3v) is 4.20. The molecule has 0 saturated carbocycles. The zero-order chi connectivity index (χ0) is 17.6. The third kappa shape index (κ3) is 4.32. The molecule has 0 aliphatic heterocycles. The summed E-state index contributed by atoms with van der Waals surface area (Å²) >= 11 is 0. The number of carbonyl (C=O) groups excluding carboxylic acids is 1. The maximum Gasteiger partial charge on any atom is 0.251 e. The van der Waals surface area contributed by atoms with E-state index in [9.17, 15) is 4.79 Å². The molecule has 0 bridgehead atoms. The van der Waals surface area contributed by atoms with Crippen LogP contribution in [0.5, 0.6) is 0 Å². The van der Waals surface area contributed by atoms with E-state index in [1.54, 1.807) is 17.2 Å². The fraction of sp³-hybridized carbons (Fsp3) is 0.250. The van der Waals surface area contributed by atoms with Gasteiger partial charge in [0.15, 0.2) is 0 Å². The topological polar surface area (TPSA) is 59.8 Å². The molecule has 1 aromatic heterocycles. The Morgan fingerprint density at radius 3 is 2.16 bits per heavy atom. The Kier molecular flexibility index (Phi) is 5.23. The third-order valence-electron chi connectivity index (χ3n) is 4.20. The van der Waals surface area contributed by atoms with Crippen molar-refractivity contribution in [3.8, 4) is 11.1 Å². The molecule has 0 aliphatic rings. The standard InChI is InChI=1S/C20H22N4O/c1-15(2)19(14-24-21-12-13-22-24)23-20(25)18-10-8-17(9-11-18)16-6-4-3-5-7-16/h3-13,15,19H,14H2,1-2H3,(H,23,25). The lowest BCUT2D eigenvalue weighted by Crippen LogP contribution is -2.42. The SMILES string of the molecule is CC(C)C(Cn1nccn1)NC(=O)c1ccc(-c2ccccc2)cc1. The molecule has 5 heteroatoms. The lowest BCUT2D eigenvalue weighted by Gasteiger charge is -2.22. The smallest absolute Gasteiger partial charge is 0.251 e. The molecule has 5 nitrogen and oxygen atoms in total. The van der Waals surface area contributed by atoms with E-state index in [-0.39, 0.29) is 17.9 Å². The van der Waals surface area contributed by atoms with Crippen LogP contribution in [0, 0.1) is 5.92 Å². The van der Waals surface area contributed by atoms with Crippen LogP contribution < -0.4 is 5.32 Å². The zero-order valence-electron chi connectivity index (χ0n) is 14.5. The van der Waals surface area contributed by atoms with Gasteiger partial charge in [0.1, 0.15) is 0 Å². The van der Waals surface area contributed by atoms with Gasteiger partial charge in [-0.2, -0.15) is 15.0 Å². The molecular weight excluding hydrogens is 312 g/mol. The van der Waals surface area contributed by atoms with Gasteiger partial charge in [0.25, 0.3) is 5.91 Å². The van der Waals surface area contributed by atoms with Crippen LogP contribution in [0.15, 0.2) is 67.0 Å². The maximum atomic E-state index is 12.6. The zero-order valence-corrected chi connectivity index (χ0v) is 14.5. The van der Waals surface area contributed by atoms with E-state index in [1.807, 2.05) is 42.5 Å². The highest BCUT2D eigenvalue weighted by molar-refractivity contribution is 5.94. The molecule has 1 unspecified atom stereocenters. The van der Waals surface area contributed by atoms with E-state index in [1.165, 1.54) is 0 Å². The summed E-state index contributed by atoms with van der Waals surface area (Å²) < 4.78 is 0. The molecule has 0 radical (unpaired) electrons. The van der Waals surface area contributed by atoms with Crippen molar-refractivity contribution in [2.24, 2.45) is 5.92 Å². The first-order valence-corrected chi connectivity index (χ1v) is 8.44. The van der Waals surface area contributed by atoms with Crippen LogP contribution in [0.2, 0.25) is 0 Å². The number of carbonyl (C=O) groups is 1. The molecule has 0 saturated heterocycles. The number of amides is 1. The van der Waals surface area contributed by atoms with Gasteiger partial charge in [0.05, 0.1) is 25.0 Å². The van der Waals surface area contributed by atoms with Gasteiger partial charge in [-0.3, -0.25) is 4.79 Å². The van der Waals surface area contributed by atoms with Crippen molar-refractivity contribution < 1.29 is 4.79 Å². The molecule has 3 rings (SSSR count). The van der Waals surface area contributed by atoms with Gasteiger partial charge in [-0.25, -0.2) is 0 Å². The largest absolute Gasteiger partial charge is 0.347 e. The van der Waals surface area contributed by atoms with E-state index in [2.05, 4.69) is 41.5 Å². The molecule has 1 atom stereocenters. The van der Waals surface area contributed by atoms with Crippen LogP contribution in [-0.2, 0) is 6.54 Å². The molecule has 1 N–H and O–H groups in total. The molecule has 2 aromatic carbocycles. The molecule has 25 heavy (non-hydrogen) atoms. The second kappa shape index (κ2) is 7.75. The Balaban J connectivity index is 1.69. The molecule has 3 aromatic rings. The monoisotopic (exact) mass is 334 g/mol. The summed E-state index contributed by atoms with van der Waals surface area (Å²) in [5, 5.41) is 11.3. The van der Waals surface area contributed by atoms with E-state index < -0.39 is 0 Å². The predicted molar refractivity (Wildman–Crippen MR) is 98.0 cm³/mol. The first-order chi connectivity index (χ1) is 12.1. The molecule has 1 amide bonds. The van der Waals surface area contributed by atoms with Crippen LogP contribution in [0.3, 0.4) is 0 Å². The molecule has 1 heterocycles. The van der Waals surface area contributed by atoms with E-state index in [0.717, 1.165) is 11.1 Å². The number of aromatic nitrogens is 3. The Bertz CT molecular complexity index is 795. The van der Waals surface area contributed by atoms with E-state index in [0.29, 0.717) is 12.1 Å². The fourth-order valence-electron chi connectivity index (χ4n) is 2.63. The molecule has 128 valence electrons. The minimum Gasteiger partial charge on any atom is -0.347 e. The Morgan fingerprint density at radius 2 is 1.56 bits per heavy atom. The summed E-state index contributed by atoms with van der Waals surface area (Å²) in [5.41, 5.74) is 2.89. The Morgan fingerprint density at radius 1 is 0.960 bits per heavy atom. The van der Waals surface area contributed by atoms with Crippen molar-refractivity contribution in [3.05, 3.63) is 72.6 Å². The average molecular weight is 334 g/mol. The Hall–Kier alpha value is -2.95. The van der Waals surface area contributed by atoms with Crippen molar-refractivity contribution >= 4 is 5.91 Å². The lowest BCUT2D eigenvalue weighted by atomic mass is 10.0. The normalized spacial score (nSPS) is 12.1. The minimum atomic E-state index is -0.0783. The molecule has 0 aliphatic carbocycles. The second-order valence-electron chi connectivity index (χ2n) is 6.35. The van der Waals surface area contributed by atoms with Gasteiger partial charge in [-0.05, 0) is 29.2 Å². The summed E-state index contributed by atoms with van der Waals surface area (Å²) in [4.78, 5) is 14.2. The number of nitrogens with one attached hydrogen (secondary N) is 1. The fourth-order valence-corrected chi connectivity index (χ4v) is 2.63. The van der Waals surface area contributed by atoms with Crippen LogP contribution in [0.1, 0.15) is 24.2 Å². The number of benzene rings is 2. The second-order valence-corrected chi connectivity index (χ2v) is 6.35. The van der Waals surface area contributed by atoms with Gasteiger partial charge in [-0.15, -0.1) is 0 Å². The van der Waals surface area contributed by atoms with Crippen molar-refractivity contribution in [3.63, 3.8) is 0 Å². The molecule has 0 fully saturated rings. The minimum absolute atomic E-state index is 0.0336. The summed E-state index contributed by atoms with van der Waals surface area (Å²) in [5.74, 6) is 0.198. The number of hydrogen-bond acceptors (Lipinski definition) is 3. The van der Waals surface area contributed by atoms with Crippen molar-refractivity contribution in [1.82, 2.24) is 20.3 Å². The van der Waals surface area contributed by atoms with Gasteiger partial charge in [0.2, 0.25) is 0 Å².